The molecule has 1 unspecified atom stereocenters. The molecule has 0 radical (unpaired) electrons. The van der Waals surface area contributed by atoms with Gasteiger partial charge < -0.3 is 14.4 Å². The molecule has 1 saturated heterocycles. The Labute approximate surface area is 134 Å². The van der Waals surface area contributed by atoms with Crippen LogP contribution in [0.1, 0.15) is 16.1 Å². The number of aryl methyl sites for hydroxylation is 1. The van der Waals surface area contributed by atoms with Crippen LogP contribution in [0.3, 0.4) is 0 Å². The fourth-order valence-electron chi connectivity index (χ4n) is 2.75. The average molecular weight is 318 g/mol. The van der Waals surface area contributed by atoms with Crippen LogP contribution in [0.25, 0.3) is 10.9 Å². The Kier molecular flexibility index (Phi) is 4.54. The number of ether oxygens (including phenoxy) is 2. The second-order valence-electron chi connectivity index (χ2n) is 5.73. The van der Waals surface area contributed by atoms with E-state index in [0.29, 0.717) is 48.5 Å². The zero-order chi connectivity index (χ0) is 16.4. The number of rotatable bonds is 3. The highest BCUT2D eigenvalue weighted by molar-refractivity contribution is 6.06. The van der Waals surface area contributed by atoms with Gasteiger partial charge in [-0.2, -0.15) is 0 Å². The van der Waals surface area contributed by atoms with Gasteiger partial charge in [-0.15, -0.1) is 0 Å². The van der Waals surface area contributed by atoms with Crippen LogP contribution < -0.4 is 0 Å². The Morgan fingerprint density at radius 2 is 2.22 bits per heavy atom. The van der Waals surface area contributed by atoms with Gasteiger partial charge in [-0.05, 0) is 25.1 Å². The summed E-state index contributed by atoms with van der Waals surface area (Å²) in [6.07, 6.45) is -0.121. The number of aromatic nitrogens is 1. The summed E-state index contributed by atoms with van der Waals surface area (Å²) in [6.45, 7) is 3.86. The van der Waals surface area contributed by atoms with Crippen LogP contribution in [0.15, 0.2) is 24.3 Å². The zero-order valence-electron chi connectivity index (χ0n) is 13.2. The van der Waals surface area contributed by atoms with E-state index in [9.17, 15) is 9.18 Å². The van der Waals surface area contributed by atoms with Crippen LogP contribution in [-0.4, -0.2) is 55.3 Å². The fourth-order valence-corrected chi connectivity index (χ4v) is 2.75. The van der Waals surface area contributed by atoms with Crippen molar-refractivity contribution in [2.24, 2.45) is 0 Å². The van der Waals surface area contributed by atoms with Gasteiger partial charge in [0.25, 0.3) is 5.91 Å². The zero-order valence-corrected chi connectivity index (χ0v) is 13.2. The summed E-state index contributed by atoms with van der Waals surface area (Å²) in [5, 5.41) is 0.648. The molecule has 1 aromatic heterocycles. The predicted octanol–water partition coefficient (Wildman–Crippen LogP) is 2.17. The van der Waals surface area contributed by atoms with Crippen LogP contribution >= 0.6 is 0 Å². The van der Waals surface area contributed by atoms with Crippen molar-refractivity contribution in [3.05, 3.63) is 41.3 Å². The summed E-state index contributed by atoms with van der Waals surface area (Å²) in [6, 6.07) is 6.01. The molecule has 0 saturated carbocycles. The average Bonchev–Trinajstić information content (AvgIpc) is 2.53. The molecule has 2 aromatic rings. The van der Waals surface area contributed by atoms with Crippen LogP contribution in [0.4, 0.5) is 4.39 Å². The first-order valence-electron chi connectivity index (χ1n) is 7.56. The number of benzene rings is 1. The molecule has 1 amide bonds. The predicted molar refractivity (Wildman–Crippen MR) is 84.0 cm³/mol. The van der Waals surface area contributed by atoms with Crippen LogP contribution in [0.2, 0.25) is 0 Å². The summed E-state index contributed by atoms with van der Waals surface area (Å²) >= 11 is 0. The van der Waals surface area contributed by atoms with Gasteiger partial charge in [-0.3, -0.25) is 9.78 Å². The lowest BCUT2D eigenvalue weighted by molar-refractivity contribution is -0.0933. The molecule has 1 aliphatic rings. The highest BCUT2D eigenvalue weighted by Gasteiger charge is 2.22. The number of hydrogen-bond donors (Lipinski definition) is 0. The number of hydrogen-bond acceptors (Lipinski definition) is 4. The maximum atomic E-state index is 13.4. The van der Waals surface area contributed by atoms with Gasteiger partial charge >= 0.3 is 0 Å². The van der Waals surface area contributed by atoms with Crippen molar-refractivity contribution in [2.75, 3.05) is 33.4 Å². The molecule has 0 bridgehead atoms. The van der Waals surface area contributed by atoms with E-state index in [2.05, 4.69) is 4.98 Å². The monoisotopic (exact) mass is 318 g/mol. The second kappa shape index (κ2) is 6.60. The topological polar surface area (TPSA) is 51.7 Å². The molecule has 1 aliphatic heterocycles. The minimum absolute atomic E-state index is 0.121. The minimum Gasteiger partial charge on any atom is -0.376 e. The molecule has 3 rings (SSSR count). The van der Waals surface area contributed by atoms with Gasteiger partial charge in [-0.1, -0.05) is 0 Å². The quantitative estimate of drug-likeness (QED) is 0.870. The number of halogens is 1. The fraction of sp³-hybridized carbons (Fsp3) is 0.412. The van der Waals surface area contributed by atoms with Crippen LogP contribution in [0.5, 0.6) is 0 Å². The lowest BCUT2D eigenvalue weighted by Crippen LogP contribution is -2.40. The van der Waals surface area contributed by atoms with E-state index in [1.54, 1.807) is 31.0 Å². The Hall–Kier alpha value is -2.05. The molecule has 1 fully saturated rings. The largest absolute Gasteiger partial charge is 0.376 e. The standard InChI is InChI=1S/C17H19FN2O3/c1-11-7-15(14-4-3-12(18)8-16(14)19-11)17(21)20(2)9-13-10-22-5-6-23-13/h3-4,7-8,13H,5-6,9-10H2,1-2H3. The van der Waals surface area contributed by atoms with E-state index in [1.165, 1.54) is 12.1 Å². The normalized spacial score (nSPS) is 18.1. The lowest BCUT2D eigenvalue weighted by atomic mass is 10.1. The molecule has 0 aliphatic carbocycles. The van der Waals surface area contributed by atoms with Crippen LogP contribution in [-0.2, 0) is 9.47 Å². The number of carbonyl (C=O) groups is 1. The minimum atomic E-state index is -0.366. The Morgan fingerprint density at radius 1 is 1.39 bits per heavy atom. The molecule has 0 N–H and O–H groups in total. The van der Waals surface area contributed by atoms with Crippen molar-refractivity contribution in [2.45, 2.75) is 13.0 Å². The van der Waals surface area contributed by atoms with Crippen molar-refractivity contribution < 1.29 is 18.7 Å². The summed E-state index contributed by atoms with van der Waals surface area (Å²) < 4.78 is 24.3. The molecule has 1 atom stereocenters. The Morgan fingerprint density at radius 3 is 2.96 bits per heavy atom. The van der Waals surface area contributed by atoms with E-state index >= 15 is 0 Å². The molecule has 1 aromatic carbocycles. The number of likely N-dealkylation sites (N-methyl/N-ethyl adjacent to an activating group) is 1. The van der Waals surface area contributed by atoms with Crippen LogP contribution in [0, 0.1) is 12.7 Å². The summed E-state index contributed by atoms with van der Waals surface area (Å²) in [5.41, 5.74) is 1.68. The van der Waals surface area contributed by atoms with E-state index in [4.69, 9.17) is 9.47 Å². The molecular weight excluding hydrogens is 299 g/mol. The Bertz CT molecular complexity index is 724. The molecule has 23 heavy (non-hydrogen) atoms. The number of amides is 1. The third kappa shape index (κ3) is 3.48. The summed E-state index contributed by atoms with van der Waals surface area (Å²) in [4.78, 5) is 18.7. The summed E-state index contributed by atoms with van der Waals surface area (Å²) in [5.74, 6) is -0.503. The third-order valence-electron chi connectivity index (χ3n) is 3.84. The first-order chi connectivity index (χ1) is 11.0. The number of pyridine rings is 1. The SMILES string of the molecule is Cc1cc(C(=O)N(C)CC2COCCO2)c2ccc(F)cc2n1. The van der Waals surface area contributed by atoms with Gasteiger partial charge in [0.15, 0.2) is 0 Å². The molecule has 2 heterocycles. The molecular formula is C17H19FN2O3. The molecule has 6 heteroatoms. The van der Waals surface area contributed by atoms with Crippen molar-refractivity contribution in [3.8, 4) is 0 Å². The van der Waals surface area contributed by atoms with E-state index in [0.717, 1.165) is 0 Å². The highest BCUT2D eigenvalue weighted by atomic mass is 19.1. The van der Waals surface area contributed by atoms with E-state index < -0.39 is 0 Å². The van der Waals surface area contributed by atoms with Gasteiger partial charge in [0.1, 0.15) is 5.82 Å². The summed E-state index contributed by atoms with van der Waals surface area (Å²) in [7, 11) is 1.73. The Balaban J connectivity index is 1.87. The smallest absolute Gasteiger partial charge is 0.254 e. The number of nitrogens with zero attached hydrogens (tertiary/aromatic N) is 2. The van der Waals surface area contributed by atoms with Gasteiger partial charge in [0.05, 0.1) is 37.0 Å². The first kappa shape index (κ1) is 15.8. The van der Waals surface area contributed by atoms with Crippen molar-refractivity contribution in [1.29, 1.82) is 0 Å². The van der Waals surface area contributed by atoms with Gasteiger partial charge in [-0.25, -0.2) is 4.39 Å². The number of fused-ring (bicyclic) bond motifs is 1. The van der Waals surface area contributed by atoms with E-state index in [-0.39, 0.29) is 17.8 Å². The van der Waals surface area contributed by atoms with Crippen molar-refractivity contribution >= 4 is 16.8 Å². The first-order valence-corrected chi connectivity index (χ1v) is 7.56. The second-order valence-corrected chi connectivity index (χ2v) is 5.73. The maximum absolute atomic E-state index is 13.4. The van der Waals surface area contributed by atoms with Crippen molar-refractivity contribution in [1.82, 2.24) is 9.88 Å². The molecule has 5 nitrogen and oxygen atoms in total. The van der Waals surface area contributed by atoms with Crippen molar-refractivity contribution in [3.63, 3.8) is 0 Å². The maximum Gasteiger partial charge on any atom is 0.254 e. The van der Waals surface area contributed by atoms with Gasteiger partial charge in [0, 0.05) is 30.7 Å². The highest BCUT2D eigenvalue weighted by Crippen LogP contribution is 2.21. The number of carbonyl (C=O) groups excluding carboxylic acids is 1. The lowest BCUT2D eigenvalue weighted by Gasteiger charge is -2.27. The van der Waals surface area contributed by atoms with E-state index in [1.807, 2.05) is 0 Å². The molecule has 0 spiro atoms. The van der Waals surface area contributed by atoms with Gasteiger partial charge in [0.2, 0.25) is 0 Å². The molecule has 122 valence electrons. The third-order valence-corrected chi connectivity index (χ3v) is 3.84.